The molecule has 0 saturated heterocycles. The summed E-state index contributed by atoms with van der Waals surface area (Å²) < 4.78 is 26.0. The van der Waals surface area contributed by atoms with Crippen LogP contribution < -0.4 is 10.0 Å². The van der Waals surface area contributed by atoms with Crippen LogP contribution in [0.3, 0.4) is 0 Å². The fourth-order valence-corrected chi connectivity index (χ4v) is 2.78. The van der Waals surface area contributed by atoms with Gasteiger partial charge in [-0.1, -0.05) is 11.6 Å². The second-order valence-corrected chi connectivity index (χ2v) is 5.52. The molecule has 0 amide bonds. The second-order valence-electron chi connectivity index (χ2n) is 3.37. The number of benzene rings is 1. The van der Waals surface area contributed by atoms with Crippen LogP contribution in [-0.2, 0) is 10.0 Å². The molecule has 0 saturated carbocycles. The first-order valence-corrected chi connectivity index (χ1v) is 6.83. The van der Waals surface area contributed by atoms with Gasteiger partial charge in [-0.05, 0) is 13.1 Å². The molecule has 0 aliphatic rings. The molecule has 0 spiro atoms. The second kappa shape index (κ2) is 7.61. The molecule has 0 unspecified atom stereocenters. The molecule has 0 aromatic heterocycles. The number of halogens is 2. The summed E-state index contributed by atoms with van der Waals surface area (Å²) in [7, 11) is -2.06. The standard InChI is InChI=1S/C9H12ClN3O4S.ClH/c1-11-4-5-12-18(16,17)9-3-2-7(13(14)15)6-8(9)10;/h2-3,6,11-12H,4-5H2,1H3;1H. The van der Waals surface area contributed by atoms with E-state index in [2.05, 4.69) is 10.0 Å². The molecule has 0 atom stereocenters. The van der Waals surface area contributed by atoms with Crippen molar-refractivity contribution in [2.24, 2.45) is 0 Å². The normalized spacial score (nSPS) is 10.8. The lowest BCUT2D eigenvalue weighted by molar-refractivity contribution is -0.384. The van der Waals surface area contributed by atoms with Crippen LogP contribution in [0.1, 0.15) is 0 Å². The van der Waals surface area contributed by atoms with E-state index in [0.29, 0.717) is 6.54 Å². The number of non-ortho nitro benzene ring substituents is 1. The van der Waals surface area contributed by atoms with Gasteiger partial charge in [-0.15, -0.1) is 12.4 Å². The van der Waals surface area contributed by atoms with Crippen molar-refractivity contribution in [1.82, 2.24) is 10.0 Å². The first kappa shape index (κ1) is 18.1. The summed E-state index contributed by atoms with van der Waals surface area (Å²) in [4.78, 5) is 9.68. The van der Waals surface area contributed by atoms with Crippen molar-refractivity contribution in [1.29, 1.82) is 0 Å². The maximum absolute atomic E-state index is 11.8. The Morgan fingerprint density at radius 2 is 2.00 bits per heavy atom. The van der Waals surface area contributed by atoms with E-state index in [1.165, 1.54) is 0 Å². The van der Waals surface area contributed by atoms with Gasteiger partial charge in [0.2, 0.25) is 10.0 Å². The van der Waals surface area contributed by atoms with E-state index in [1.807, 2.05) is 0 Å². The molecule has 0 aliphatic heterocycles. The van der Waals surface area contributed by atoms with Gasteiger partial charge in [-0.3, -0.25) is 10.1 Å². The topological polar surface area (TPSA) is 101 Å². The summed E-state index contributed by atoms with van der Waals surface area (Å²) in [6.45, 7) is 0.663. The SMILES string of the molecule is CNCCNS(=O)(=O)c1ccc([N+](=O)[O-])cc1Cl.Cl. The Morgan fingerprint density at radius 3 is 2.47 bits per heavy atom. The summed E-state index contributed by atoms with van der Waals surface area (Å²) in [6, 6.07) is 3.22. The largest absolute Gasteiger partial charge is 0.318 e. The molecule has 1 aromatic carbocycles. The quantitative estimate of drug-likeness (QED) is 0.463. The van der Waals surface area contributed by atoms with Crippen LogP contribution in [0.2, 0.25) is 5.02 Å². The Morgan fingerprint density at radius 1 is 1.37 bits per heavy atom. The van der Waals surface area contributed by atoms with Gasteiger partial charge in [0.25, 0.3) is 5.69 Å². The summed E-state index contributed by atoms with van der Waals surface area (Å²) >= 11 is 5.73. The lowest BCUT2D eigenvalue weighted by Gasteiger charge is -2.07. The molecule has 108 valence electrons. The number of nitrogens with zero attached hydrogens (tertiary/aromatic N) is 1. The van der Waals surface area contributed by atoms with E-state index < -0.39 is 14.9 Å². The smallest absolute Gasteiger partial charge is 0.271 e. The van der Waals surface area contributed by atoms with Crippen molar-refractivity contribution in [2.45, 2.75) is 4.90 Å². The molecule has 0 fully saturated rings. The highest BCUT2D eigenvalue weighted by molar-refractivity contribution is 7.89. The molecule has 2 N–H and O–H groups in total. The van der Waals surface area contributed by atoms with E-state index >= 15 is 0 Å². The lowest BCUT2D eigenvalue weighted by atomic mass is 10.3. The number of rotatable bonds is 6. The fourth-order valence-electron chi connectivity index (χ4n) is 1.21. The minimum atomic E-state index is -3.75. The van der Waals surface area contributed by atoms with Crippen molar-refractivity contribution in [3.8, 4) is 0 Å². The molecule has 10 heteroatoms. The van der Waals surface area contributed by atoms with Crippen molar-refractivity contribution in [2.75, 3.05) is 20.1 Å². The maximum Gasteiger partial charge on any atom is 0.271 e. The molecule has 1 rings (SSSR count). The molecule has 7 nitrogen and oxygen atoms in total. The third-order valence-electron chi connectivity index (χ3n) is 2.08. The Hall–Kier alpha value is -0.930. The van der Waals surface area contributed by atoms with Crippen LogP contribution in [0.15, 0.2) is 23.1 Å². The number of sulfonamides is 1. The van der Waals surface area contributed by atoms with Crippen LogP contribution in [0.25, 0.3) is 0 Å². The van der Waals surface area contributed by atoms with E-state index in [0.717, 1.165) is 18.2 Å². The van der Waals surface area contributed by atoms with Gasteiger partial charge < -0.3 is 5.32 Å². The van der Waals surface area contributed by atoms with Gasteiger partial charge in [0.15, 0.2) is 0 Å². The molecule has 0 heterocycles. The van der Waals surface area contributed by atoms with Crippen LogP contribution in [-0.4, -0.2) is 33.5 Å². The van der Waals surface area contributed by atoms with Gasteiger partial charge in [-0.25, -0.2) is 13.1 Å². The summed E-state index contributed by atoms with van der Waals surface area (Å²) in [5.41, 5.74) is -0.255. The molecule has 0 aliphatic carbocycles. The summed E-state index contributed by atoms with van der Waals surface area (Å²) in [6.07, 6.45) is 0. The van der Waals surface area contributed by atoms with Crippen LogP contribution >= 0.6 is 24.0 Å². The van der Waals surface area contributed by atoms with Crippen molar-refractivity contribution >= 4 is 39.7 Å². The van der Waals surface area contributed by atoms with Crippen molar-refractivity contribution < 1.29 is 13.3 Å². The number of nitro benzene ring substituents is 1. The molecule has 0 bridgehead atoms. The van der Waals surface area contributed by atoms with Crippen LogP contribution in [0.4, 0.5) is 5.69 Å². The molecular weight excluding hydrogens is 317 g/mol. The number of likely N-dealkylation sites (N-methyl/N-ethyl adjacent to an activating group) is 1. The van der Waals surface area contributed by atoms with Crippen molar-refractivity contribution in [3.63, 3.8) is 0 Å². The third kappa shape index (κ3) is 4.92. The van der Waals surface area contributed by atoms with Crippen LogP contribution in [0.5, 0.6) is 0 Å². The number of nitrogens with one attached hydrogen (secondary N) is 2. The van der Waals surface area contributed by atoms with Gasteiger partial charge in [0.05, 0.1) is 9.95 Å². The van der Waals surface area contributed by atoms with Gasteiger partial charge in [0, 0.05) is 25.2 Å². The van der Waals surface area contributed by atoms with Gasteiger partial charge in [0.1, 0.15) is 4.90 Å². The van der Waals surface area contributed by atoms with Gasteiger partial charge in [-0.2, -0.15) is 0 Å². The van der Waals surface area contributed by atoms with E-state index in [4.69, 9.17) is 11.6 Å². The Bertz CT molecular complexity index is 550. The average Bonchev–Trinajstić information content (AvgIpc) is 2.28. The number of hydrogen-bond acceptors (Lipinski definition) is 5. The van der Waals surface area contributed by atoms with Gasteiger partial charge >= 0.3 is 0 Å². The lowest BCUT2D eigenvalue weighted by Crippen LogP contribution is -2.30. The maximum atomic E-state index is 11.8. The monoisotopic (exact) mass is 329 g/mol. The summed E-state index contributed by atoms with van der Waals surface area (Å²) in [5, 5.41) is 13.1. The van der Waals surface area contributed by atoms with E-state index in [9.17, 15) is 18.5 Å². The van der Waals surface area contributed by atoms with Crippen molar-refractivity contribution in [3.05, 3.63) is 33.3 Å². The zero-order valence-corrected chi connectivity index (χ0v) is 12.3. The highest BCUT2D eigenvalue weighted by Gasteiger charge is 2.19. The highest BCUT2D eigenvalue weighted by atomic mass is 35.5. The summed E-state index contributed by atoms with van der Waals surface area (Å²) in [5.74, 6) is 0. The zero-order chi connectivity index (χ0) is 13.8. The number of hydrogen-bond donors (Lipinski definition) is 2. The first-order valence-electron chi connectivity index (χ1n) is 4.96. The van der Waals surface area contributed by atoms with Crippen LogP contribution in [0, 0.1) is 10.1 Å². The minimum Gasteiger partial charge on any atom is -0.318 e. The fraction of sp³-hybridized carbons (Fsp3) is 0.333. The Kier molecular flexibility index (Phi) is 7.24. The minimum absolute atomic E-state index is 0. The number of nitro groups is 1. The highest BCUT2D eigenvalue weighted by Crippen LogP contribution is 2.25. The predicted octanol–water partition coefficient (Wildman–Crippen LogP) is 1.17. The Labute approximate surface area is 121 Å². The molecule has 19 heavy (non-hydrogen) atoms. The van der Waals surface area contributed by atoms with E-state index in [1.54, 1.807) is 7.05 Å². The van der Waals surface area contributed by atoms with E-state index in [-0.39, 0.29) is 34.6 Å². The Balaban J connectivity index is 0.00000324. The predicted molar refractivity (Wildman–Crippen MR) is 74.5 cm³/mol. The first-order chi connectivity index (χ1) is 8.38. The molecule has 1 aromatic rings. The molecule has 0 radical (unpaired) electrons. The third-order valence-corrected chi connectivity index (χ3v) is 4.03. The zero-order valence-electron chi connectivity index (χ0n) is 9.92. The molecular formula is C9H13Cl2N3O4S. The average molecular weight is 330 g/mol.